The molecular formula is C13H24N2O2. The van der Waals surface area contributed by atoms with Gasteiger partial charge in [0.25, 0.3) is 0 Å². The number of carbonyl (C=O) groups is 1. The van der Waals surface area contributed by atoms with Gasteiger partial charge in [-0.05, 0) is 39.5 Å². The van der Waals surface area contributed by atoms with Crippen LogP contribution in [0.4, 0.5) is 4.79 Å². The van der Waals surface area contributed by atoms with Crippen LogP contribution in [-0.4, -0.2) is 30.3 Å². The summed E-state index contributed by atoms with van der Waals surface area (Å²) in [7, 11) is 0. The molecule has 0 bridgehead atoms. The highest BCUT2D eigenvalue weighted by Crippen LogP contribution is 2.36. The van der Waals surface area contributed by atoms with Crippen LogP contribution in [0.25, 0.3) is 0 Å². The van der Waals surface area contributed by atoms with E-state index < -0.39 is 5.60 Å². The molecule has 98 valence electrons. The Bertz CT molecular complexity index is 298. The summed E-state index contributed by atoms with van der Waals surface area (Å²) >= 11 is 0. The summed E-state index contributed by atoms with van der Waals surface area (Å²) in [5.41, 5.74) is -0.475. The zero-order valence-electron chi connectivity index (χ0n) is 11.1. The minimum atomic E-state index is -0.420. The van der Waals surface area contributed by atoms with Gasteiger partial charge in [0, 0.05) is 13.1 Å². The number of hydrogen-bond donors (Lipinski definition) is 2. The molecular weight excluding hydrogens is 216 g/mol. The van der Waals surface area contributed by atoms with Crippen LogP contribution in [-0.2, 0) is 4.74 Å². The Morgan fingerprint density at radius 2 is 2.18 bits per heavy atom. The van der Waals surface area contributed by atoms with Gasteiger partial charge in [0.2, 0.25) is 0 Å². The maximum atomic E-state index is 11.9. The molecule has 4 nitrogen and oxygen atoms in total. The Morgan fingerprint density at radius 3 is 2.88 bits per heavy atom. The lowest BCUT2D eigenvalue weighted by Gasteiger charge is -2.39. The molecule has 2 aliphatic rings. The van der Waals surface area contributed by atoms with Crippen molar-refractivity contribution in [2.75, 3.05) is 13.1 Å². The first-order valence-corrected chi connectivity index (χ1v) is 6.63. The number of nitrogens with one attached hydrogen (secondary N) is 2. The molecule has 1 amide bonds. The first kappa shape index (κ1) is 12.7. The summed E-state index contributed by atoms with van der Waals surface area (Å²) in [6.45, 7) is 7.60. The average Bonchev–Trinajstić information content (AvgIpc) is 2.57. The molecule has 0 aromatic rings. The lowest BCUT2D eigenvalue weighted by molar-refractivity contribution is 0.0404. The van der Waals surface area contributed by atoms with Gasteiger partial charge < -0.3 is 15.4 Å². The number of alkyl carbamates (subject to hydrolysis) is 1. The highest BCUT2D eigenvalue weighted by molar-refractivity contribution is 5.69. The molecule has 1 saturated heterocycles. The second kappa shape index (κ2) is 4.48. The molecule has 0 radical (unpaired) electrons. The van der Waals surface area contributed by atoms with E-state index in [0.29, 0.717) is 5.92 Å². The fourth-order valence-corrected chi connectivity index (χ4v) is 3.03. The van der Waals surface area contributed by atoms with E-state index >= 15 is 0 Å². The van der Waals surface area contributed by atoms with Crippen LogP contribution in [0.1, 0.15) is 46.5 Å². The van der Waals surface area contributed by atoms with Crippen molar-refractivity contribution in [3.8, 4) is 0 Å². The van der Waals surface area contributed by atoms with Crippen LogP contribution in [0.2, 0.25) is 0 Å². The summed E-state index contributed by atoms with van der Waals surface area (Å²) in [6.07, 6.45) is 4.50. The third-order valence-electron chi connectivity index (χ3n) is 3.79. The van der Waals surface area contributed by atoms with Crippen molar-refractivity contribution in [2.45, 2.75) is 57.6 Å². The maximum absolute atomic E-state index is 11.9. The van der Waals surface area contributed by atoms with Gasteiger partial charge >= 0.3 is 6.09 Å². The van der Waals surface area contributed by atoms with Gasteiger partial charge in [0.1, 0.15) is 5.60 Å². The predicted octanol–water partition coefficient (Wildman–Crippen LogP) is 2.04. The maximum Gasteiger partial charge on any atom is 0.408 e. The first-order valence-electron chi connectivity index (χ1n) is 6.63. The minimum absolute atomic E-state index is 0.0550. The van der Waals surface area contributed by atoms with E-state index in [4.69, 9.17) is 4.74 Å². The van der Waals surface area contributed by atoms with Crippen LogP contribution in [0.15, 0.2) is 0 Å². The zero-order valence-corrected chi connectivity index (χ0v) is 11.1. The normalized spacial score (nSPS) is 33.0. The second-order valence-electron chi connectivity index (χ2n) is 6.36. The second-order valence-corrected chi connectivity index (χ2v) is 6.36. The van der Waals surface area contributed by atoms with Crippen LogP contribution in [0.5, 0.6) is 0 Å². The third-order valence-corrected chi connectivity index (χ3v) is 3.79. The Kier molecular flexibility index (Phi) is 3.34. The van der Waals surface area contributed by atoms with Gasteiger partial charge in [0.05, 0.1) is 5.54 Å². The summed E-state index contributed by atoms with van der Waals surface area (Å²) in [4.78, 5) is 11.9. The molecule has 0 spiro atoms. The minimum Gasteiger partial charge on any atom is -0.444 e. The number of fused-ring (bicyclic) bond motifs is 1. The van der Waals surface area contributed by atoms with Crippen LogP contribution in [0.3, 0.4) is 0 Å². The van der Waals surface area contributed by atoms with E-state index in [2.05, 4.69) is 10.6 Å². The molecule has 17 heavy (non-hydrogen) atoms. The summed E-state index contributed by atoms with van der Waals surface area (Å²) in [5, 5.41) is 6.53. The van der Waals surface area contributed by atoms with Crippen molar-refractivity contribution >= 4 is 6.09 Å². The molecule has 1 aliphatic heterocycles. The lowest BCUT2D eigenvalue weighted by atomic mass is 9.75. The van der Waals surface area contributed by atoms with E-state index in [1.807, 2.05) is 20.8 Å². The van der Waals surface area contributed by atoms with Crippen LogP contribution in [0, 0.1) is 5.92 Å². The van der Waals surface area contributed by atoms with Crippen molar-refractivity contribution in [3.05, 3.63) is 0 Å². The van der Waals surface area contributed by atoms with Gasteiger partial charge in [-0.1, -0.05) is 12.8 Å². The molecule has 1 aliphatic carbocycles. The van der Waals surface area contributed by atoms with E-state index in [-0.39, 0.29) is 11.6 Å². The smallest absolute Gasteiger partial charge is 0.408 e. The SMILES string of the molecule is CC(C)(C)OC(=O)N[C@@]12CCCC[C@@H]1CNC2. The molecule has 1 heterocycles. The quantitative estimate of drug-likeness (QED) is 0.737. The molecule has 1 saturated carbocycles. The van der Waals surface area contributed by atoms with Crippen molar-refractivity contribution < 1.29 is 9.53 Å². The zero-order chi connectivity index (χ0) is 12.5. The van der Waals surface area contributed by atoms with Gasteiger partial charge in [-0.15, -0.1) is 0 Å². The summed E-state index contributed by atoms with van der Waals surface area (Å²) < 4.78 is 5.37. The first-order chi connectivity index (χ1) is 7.91. The standard InChI is InChI=1S/C13H24N2O2/c1-12(2,3)17-11(16)15-13-7-5-4-6-10(13)8-14-9-13/h10,14H,4-9H2,1-3H3,(H,15,16)/t10-,13-/m1/s1. The topological polar surface area (TPSA) is 50.4 Å². The molecule has 2 rings (SSSR count). The molecule has 2 N–H and O–H groups in total. The summed E-state index contributed by atoms with van der Waals surface area (Å²) in [6, 6.07) is 0. The number of amides is 1. The highest BCUT2D eigenvalue weighted by Gasteiger charge is 2.45. The highest BCUT2D eigenvalue weighted by atomic mass is 16.6. The van der Waals surface area contributed by atoms with E-state index in [0.717, 1.165) is 19.5 Å². The predicted molar refractivity (Wildman–Crippen MR) is 66.9 cm³/mol. The van der Waals surface area contributed by atoms with Gasteiger partial charge in [-0.3, -0.25) is 0 Å². The fourth-order valence-electron chi connectivity index (χ4n) is 3.03. The molecule has 2 atom stereocenters. The molecule has 0 unspecified atom stereocenters. The number of ether oxygens (including phenoxy) is 1. The average molecular weight is 240 g/mol. The lowest BCUT2D eigenvalue weighted by Crippen LogP contribution is -2.56. The number of hydrogen-bond acceptors (Lipinski definition) is 3. The molecule has 2 fully saturated rings. The van der Waals surface area contributed by atoms with Gasteiger partial charge in [-0.2, -0.15) is 0 Å². The Hall–Kier alpha value is -0.770. The van der Waals surface area contributed by atoms with Crippen LogP contribution < -0.4 is 10.6 Å². The Morgan fingerprint density at radius 1 is 1.41 bits per heavy atom. The van der Waals surface area contributed by atoms with Crippen molar-refractivity contribution in [2.24, 2.45) is 5.92 Å². The molecule has 0 aromatic heterocycles. The van der Waals surface area contributed by atoms with Crippen molar-refractivity contribution in [1.29, 1.82) is 0 Å². The monoisotopic (exact) mass is 240 g/mol. The van der Waals surface area contributed by atoms with E-state index in [9.17, 15) is 4.79 Å². The van der Waals surface area contributed by atoms with Gasteiger partial charge in [-0.25, -0.2) is 4.79 Å². The van der Waals surface area contributed by atoms with E-state index in [1.165, 1.54) is 19.3 Å². The van der Waals surface area contributed by atoms with Crippen molar-refractivity contribution in [1.82, 2.24) is 10.6 Å². The molecule has 4 heteroatoms. The van der Waals surface area contributed by atoms with Crippen LogP contribution >= 0.6 is 0 Å². The number of carbonyl (C=O) groups excluding carboxylic acids is 1. The number of rotatable bonds is 1. The summed E-state index contributed by atoms with van der Waals surface area (Å²) in [5.74, 6) is 0.573. The third kappa shape index (κ3) is 2.92. The van der Waals surface area contributed by atoms with Gasteiger partial charge in [0.15, 0.2) is 0 Å². The Balaban J connectivity index is 1.98. The molecule has 0 aromatic carbocycles. The Labute approximate surface area is 103 Å². The van der Waals surface area contributed by atoms with E-state index in [1.54, 1.807) is 0 Å². The fraction of sp³-hybridized carbons (Fsp3) is 0.923. The van der Waals surface area contributed by atoms with Crippen molar-refractivity contribution in [3.63, 3.8) is 0 Å². The largest absolute Gasteiger partial charge is 0.444 e.